The Morgan fingerprint density at radius 1 is 1.33 bits per heavy atom. The van der Waals surface area contributed by atoms with Gasteiger partial charge in [0.15, 0.2) is 5.75 Å². The molecule has 0 atom stereocenters. The Kier molecular flexibility index (Phi) is 6.15. The number of esters is 1. The molecule has 6 heteroatoms. The molecule has 1 saturated carbocycles. The van der Waals surface area contributed by atoms with Gasteiger partial charge in [-0.25, -0.2) is 0 Å². The summed E-state index contributed by atoms with van der Waals surface area (Å²) in [6.45, 7) is 3.59. The van der Waals surface area contributed by atoms with Crippen molar-refractivity contribution in [2.75, 3.05) is 26.3 Å². The van der Waals surface area contributed by atoms with Crippen LogP contribution in [0.1, 0.15) is 19.8 Å². The molecule has 116 valence electrons. The summed E-state index contributed by atoms with van der Waals surface area (Å²) in [6, 6.07) is 5.70. The number of rotatable bonds is 8. The molecule has 0 unspecified atom stereocenters. The van der Waals surface area contributed by atoms with Crippen LogP contribution < -0.4 is 4.74 Å². The minimum absolute atomic E-state index is 0.194. The minimum atomic E-state index is -0.194. The summed E-state index contributed by atoms with van der Waals surface area (Å²) in [5.41, 5.74) is 0. The van der Waals surface area contributed by atoms with Crippen molar-refractivity contribution in [2.24, 2.45) is 0 Å². The molecule has 1 fully saturated rings. The number of benzene rings is 1. The second-order valence-electron chi connectivity index (χ2n) is 4.91. The molecule has 0 spiro atoms. The molecule has 4 nitrogen and oxygen atoms in total. The molecule has 0 heterocycles. The Morgan fingerprint density at radius 3 is 2.57 bits per heavy atom. The highest BCUT2D eigenvalue weighted by Gasteiger charge is 2.30. The van der Waals surface area contributed by atoms with E-state index in [0.29, 0.717) is 48.1 Å². The van der Waals surface area contributed by atoms with Crippen molar-refractivity contribution in [1.29, 1.82) is 0 Å². The van der Waals surface area contributed by atoms with Crippen molar-refractivity contribution in [3.05, 3.63) is 28.2 Å². The number of hydrogen-bond donors (Lipinski definition) is 0. The fraction of sp³-hybridized carbons (Fsp3) is 0.533. The third kappa shape index (κ3) is 5.06. The van der Waals surface area contributed by atoms with E-state index >= 15 is 0 Å². The van der Waals surface area contributed by atoms with E-state index in [4.69, 9.17) is 32.7 Å². The van der Waals surface area contributed by atoms with Crippen molar-refractivity contribution in [1.82, 2.24) is 4.90 Å². The van der Waals surface area contributed by atoms with Gasteiger partial charge < -0.3 is 9.47 Å². The second kappa shape index (κ2) is 7.87. The van der Waals surface area contributed by atoms with Gasteiger partial charge in [-0.2, -0.15) is 0 Å². The third-order valence-electron chi connectivity index (χ3n) is 3.24. The molecule has 21 heavy (non-hydrogen) atoms. The largest absolute Gasteiger partial charge is 0.489 e. The second-order valence-corrected chi connectivity index (χ2v) is 5.72. The number of carbonyl (C=O) groups excluding carboxylic acids is 1. The minimum Gasteiger partial charge on any atom is -0.489 e. The first-order valence-electron chi connectivity index (χ1n) is 7.08. The van der Waals surface area contributed by atoms with Gasteiger partial charge in [0.25, 0.3) is 0 Å². The Labute approximate surface area is 134 Å². The summed E-state index contributed by atoms with van der Waals surface area (Å²) in [6.07, 6.45) is 2.23. The lowest BCUT2D eigenvalue weighted by Gasteiger charge is -2.21. The Bertz CT molecular complexity index is 472. The van der Waals surface area contributed by atoms with Crippen LogP contribution in [0.3, 0.4) is 0 Å². The van der Waals surface area contributed by atoms with Gasteiger partial charge >= 0.3 is 5.97 Å². The maximum atomic E-state index is 11.6. The molecule has 0 radical (unpaired) electrons. The van der Waals surface area contributed by atoms with E-state index in [0.717, 1.165) is 12.8 Å². The quantitative estimate of drug-likeness (QED) is 0.684. The summed E-state index contributed by atoms with van der Waals surface area (Å²) >= 11 is 12.1. The van der Waals surface area contributed by atoms with Crippen LogP contribution in [0.5, 0.6) is 5.75 Å². The van der Waals surface area contributed by atoms with Crippen molar-refractivity contribution in [3.8, 4) is 5.75 Å². The first-order chi connectivity index (χ1) is 10.1. The van der Waals surface area contributed by atoms with Crippen LogP contribution in [-0.4, -0.2) is 43.2 Å². The lowest BCUT2D eigenvalue weighted by atomic mass is 10.3. The van der Waals surface area contributed by atoms with E-state index < -0.39 is 0 Å². The van der Waals surface area contributed by atoms with Gasteiger partial charge in [-0.15, -0.1) is 0 Å². The predicted molar refractivity (Wildman–Crippen MR) is 83.2 cm³/mol. The molecule has 1 aliphatic rings. The van der Waals surface area contributed by atoms with Crippen LogP contribution in [0.25, 0.3) is 0 Å². The van der Waals surface area contributed by atoms with Crippen LogP contribution in [0.4, 0.5) is 0 Å². The van der Waals surface area contributed by atoms with Crippen molar-refractivity contribution in [3.63, 3.8) is 0 Å². The molecule has 0 aliphatic heterocycles. The summed E-state index contributed by atoms with van der Waals surface area (Å²) in [4.78, 5) is 13.7. The number of carbonyl (C=O) groups is 1. The predicted octanol–water partition coefficient (Wildman–Crippen LogP) is 3.40. The van der Waals surface area contributed by atoms with Crippen LogP contribution in [-0.2, 0) is 9.53 Å². The van der Waals surface area contributed by atoms with E-state index in [1.165, 1.54) is 0 Å². The molecular weight excluding hydrogens is 313 g/mol. The van der Waals surface area contributed by atoms with E-state index in [1.807, 2.05) is 6.92 Å². The number of ether oxygens (including phenoxy) is 2. The maximum absolute atomic E-state index is 11.6. The van der Waals surface area contributed by atoms with Crippen molar-refractivity contribution >= 4 is 29.2 Å². The smallest absolute Gasteiger partial charge is 0.320 e. The highest BCUT2D eigenvalue weighted by molar-refractivity contribution is 6.37. The topological polar surface area (TPSA) is 38.8 Å². The fourth-order valence-electron chi connectivity index (χ4n) is 2.09. The van der Waals surface area contributed by atoms with Crippen molar-refractivity contribution < 1.29 is 14.3 Å². The Hall–Kier alpha value is -0.970. The first kappa shape index (κ1) is 16.4. The Balaban J connectivity index is 1.83. The lowest BCUT2D eigenvalue weighted by molar-refractivity contribution is -0.144. The van der Waals surface area contributed by atoms with E-state index in [1.54, 1.807) is 18.2 Å². The normalized spacial score (nSPS) is 14.3. The van der Waals surface area contributed by atoms with Gasteiger partial charge in [0.2, 0.25) is 0 Å². The first-order valence-corrected chi connectivity index (χ1v) is 7.84. The molecule has 0 saturated heterocycles. The standard InChI is InChI=1S/C15H19Cl2NO3/c1-2-20-14(19)10-18(11-6-7-11)8-9-21-15-12(16)4-3-5-13(15)17/h3-5,11H,2,6-10H2,1H3. The average Bonchev–Trinajstić information content (AvgIpc) is 3.25. The number of halogens is 2. The molecule has 1 aromatic carbocycles. The van der Waals surface area contributed by atoms with E-state index in [9.17, 15) is 4.79 Å². The van der Waals surface area contributed by atoms with Crippen LogP contribution in [0, 0.1) is 0 Å². The van der Waals surface area contributed by atoms with E-state index in [-0.39, 0.29) is 5.97 Å². The van der Waals surface area contributed by atoms with Crippen LogP contribution in [0.15, 0.2) is 18.2 Å². The van der Waals surface area contributed by atoms with Crippen LogP contribution in [0.2, 0.25) is 10.0 Å². The zero-order chi connectivity index (χ0) is 15.2. The zero-order valence-electron chi connectivity index (χ0n) is 12.0. The molecular formula is C15H19Cl2NO3. The third-order valence-corrected chi connectivity index (χ3v) is 3.84. The van der Waals surface area contributed by atoms with Gasteiger partial charge in [-0.3, -0.25) is 9.69 Å². The zero-order valence-corrected chi connectivity index (χ0v) is 13.5. The average molecular weight is 332 g/mol. The van der Waals surface area contributed by atoms with E-state index in [2.05, 4.69) is 4.90 Å². The summed E-state index contributed by atoms with van der Waals surface area (Å²) in [7, 11) is 0. The summed E-state index contributed by atoms with van der Waals surface area (Å²) in [5, 5.41) is 0.983. The number of para-hydroxylation sites is 1. The van der Waals surface area contributed by atoms with Gasteiger partial charge in [0.1, 0.15) is 6.61 Å². The number of hydrogen-bond acceptors (Lipinski definition) is 4. The molecule has 0 aromatic heterocycles. The molecule has 0 bridgehead atoms. The molecule has 0 amide bonds. The van der Waals surface area contributed by atoms with Gasteiger partial charge in [-0.05, 0) is 31.9 Å². The highest BCUT2D eigenvalue weighted by atomic mass is 35.5. The fourth-order valence-corrected chi connectivity index (χ4v) is 2.59. The molecule has 0 N–H and O–H groups in total. The number of nitrogens with zero attached hydrogens (tertiary/aromatic N) is 1. The molecule has 1 aliphatic carbocycles. The lowest BCUT2D eigenvalue weighted by Crippen LogP contribution is -2.36. The molecule has 1 aromatic rings. The van der Waals surface area contributed by atoms with Crippen LogP contribution >= 0.6 is 23.2 Å². The van der Waals surface area contributed by atoms with Gasteiger partial charge in [0.05, 0.1) is 23.2 Å². The van der Waals surface area contributed by atoms with Gasteiger partial charge in [-0.1, -0.05) is 29.3 Å². The SMILES string of the molecule is CCOC(=O)CN(CCOc1c(Cl)cccc1Cl)C1CC1. The van der Waals surface area contributed by atoms with Gasteiger partial charge in [0, 0.05) is 12.6 Å². The monoisotopic (exact) mass is 331 g/mol. The maximum Gasteiger partial charge on any atom is 0.320 e. The Morgan fingerprint density at radius 2 is 2.00 bits per heavy atom. The summed E-state index contributed by atoms with van der Waals surface area (Å²) in [5.74, 6) is 0.299. The van der Waals surface area contributed by atoms with Crippen molar-refractivity contribution in [2.45, 2.75) is 25.8 Å². The molecule has 2 rings (SSSR count). The summed E-state index contributed by atoms with van der Waals surface area (Å²) < 4.78 is 10.6. The highest BCUT2D eigenvalue weighted by Crippen LogP contribution is 2.32.